The van der Waals surface area contributed by atoms with E-state index in [1.165, 1.54) is 16.7 Å². The van der Waals surface area contributed by atoms with E-state index in [9.17, 15) is 5.11 Å². The quantitative estimate of drug-likeness (QED) is 0.918. The molecule has 4 nitrogen and oxygen atoms in total. The fourth-order valence-electron chi connectivity index (χ4n) is 4.57. The van der Waals surface area contributed by atoms with Crippen LogP contribution in [0.25, 0.3) is 0 Å². The molecule has 2 aliphatic rings. The summed E-state index contributed by atoms with van der Waals surface area (Å²) in [6.07, 6.45) is 1.49. The molecule has 2 aromatic rings. The van der Waals surface area contributed by atoms with Gasteiger partial charge in [0.15, 0.2) is 0 Å². The number of hydrogen-bond donors (Lipinski definition) is 1. The van der Waals surface area contributed by atoms with E-state index in [-0.39, 0.29) is 5.54 Å². The van der Waals surface area contributed by atoms with Crippen LogP contribution in [0.4, 0.5) is 0 Å². The van der Waals surface area contributed by atoms with E-state index in [2.05, 4.69) is 66.4 Å². The minimum absolute atomic E-state index is 0.316. The molecule has 4 heteroatoms. The van der Waals surface area contributed by atoms with E-state index in [1.807, 2.05) is 6.07 Å². The number of rotatable bonds is 4. The Morgan fingerprint density at radius 1 is 1.19 bits per heavy atom. The number of ether oxygens (including phenoxy) is 1. The van der Waals surface area contributed by atoms with Crippen molar-refractivity contribution in [2.45, 2.75) is 31.0 Å². The smallest absolute Gasteiger partial charge is 0.122 e. The Kier molecular flexibility index (Phi) is 4.74. The summed E-state index contributed by atoms with van der Waals surface area (Å²) >= 11 is 0. The molecule has 0 bridgehead atoms. The second-order valence-corrected chi connectivity index (χ2v) is 7.73. The molecule has 138 valence electrons. The Morgan fingerprint density at radius 3 is 2.73 bits per heavy atom. The highest BCUT2D eigenvalue weighted by Gasteiger charge is 2.45. The average molecular weight is 352 g/mol. The molecule has 0 saturated carbocycles. The Morgan fingerprint density at radius 2 is 2.00 bits per heavy atom. The van der Waals surface area contributed by atoms with Crippen LogP contribution in [-0.4, -0.2) is 54.8 Å². The third kappa shape index (κ3) is 3.02. The molecule has 26 heavy (non-hydrogen) atoms. The lowest BCUT2D eigenvalue weighted by atomic mass is 9.77. The molecular formula is C22H28N2O2. The second kappa shape index (κ2) is 7.03. The number of nitrogens with zero attached hydrogens (tertiary/aromatic N) is 2. The van der Waals surface area contributed by atoms with Crippen molar-refractivity contribution in [2.24, 2.45) is 0 Å². The van der Waals surface area contributed by atoms with E-state index in [0.29, 0.717) is 6.54 Å². The predicted octanol–water partition coefficient (Wildman–Crippen LogP) is 2.65. The van der Waals surface area contributed by atoms with Gasteiger partial charge in [-0.1, -0.05) is 42.5 Å². The van der Waals surface area contributed by atoms with Gasteiger partial charge < -0.3 is 9.84 Å². The zero-order valence-corrected chi connectivity index (χ0v) is 15.7. The molecule has 0 spiro atoms. The van der Waals surface area contributed by atoms with Crippen molar-refractivity contribution in [3.8, 4) is 5.75 Å². The number of aliphatic hydroxyl groups excluding tert-OH is 1. The van der Waals surface area contributed by atoms with E-state index in [1.54, 1.807) is 0 Å². The molecule has 2 atom stereocenters. The largest absolute Gasteiger partial charge is 0.493 e. The topological polar surface area (TPSA) is 35.9 Å². The molecule has 1 fully saturated rings. The highest BCUT2D eigenvalue weighted by molar-refractivity contribution is 5.39. The van der Waals surface area contributed by atoms with Gasteiger partial charge >= 0.3 is 0 Å². The van der Waals surface area contributed by atoms with Crippen LogP contribution >= 0.6 is 0 Å². The lowest BCUT2D eigenvalue weighted by Crippen LogP contribution is -2.59. The number of aliphatic hydroxyl groups is 1. The Hall–Kier alpha value is -1.88. The highest BCUT2D eigenvalue weighted by Crippen LogP contribution is 2.38. The Bertz CT molecular complexity index is 762. The molecule has 2 aliphatic heterocycles. The van der Waals surface area contributed by atoms with Crippen molar-refractivity contribution in [3.63, 3.8) is 0 Å². The number of likely N-dealkylation sites (tertiary alicyclic amines) is 1. The van der Waals surface area contributed by atoms with Crippen LogP contribution < -0.4 is 4.74 Å². The summed E-state index contributed by atoms with van der Waals surface area (Å²) in [7, 11) is 4.15. The molecule has 0 amide bonds. The van der Waals surface area contributed by atoms with E-state index >= 15 is 0 Å². The molecule has 1 N–H and O–H groups in total. The summed E-state index contributed by atoms with van der Waals surface area (Å²) in [6.45, 7) is 3.32. The molecule has 2 aromatic carbocycles. The van der Waals surface area contributed by atoms with Gasteiger partial charge in [0.25, 0.3) is 0 Å². The summed E-state index contributed by atoms with van der Waals surface area (Å²) in [5, 5.41) is 11.1. The fraction of sp³-hybridized carbons (Fsp3) is 0.455. The molecule has 0 aromatic heterocycles. The number of hydrogen-bond acceptors (Lipinski definition) is 4. The van der Waals surface area contributed by atoms with E-state index in [4.69, 9.17) is 4.74 Å². The fourth-order valence-corrected chi connectivity index (χ4v) is 4.57. The lowest BCUT2D eigenvalue weighted by molar-refractivity contribution is -0.0702. The van der Waals surface area contributed by atoms with Gasteiger partial charge in [-0.3, -0.25) is 9.80 Å². The summed E-state index contributed by atoms with van der Waals surface area (Å²) in [5.41, 5.74) is 3.50. The molecule has 0 radical (unpaired) electrons. The predicted molar refractivity (Wildman–Crippen MR) is 103 cm³/mol. The first kappa shape index (κ1) is 17.5. The summed E-state index contributed by atoms with van der Waals surface area (Å²) in [5.74, 6) is 1.03. The number of benzene rings is 2. The van der Waals surface area contributed by atoms with Crippen LogP contribution in [0.15, 0.2) is 48.5 Å². The van der Waals surface area contributed by atoms with Gasteiger partial charge in [0.1, 0.15) is 5.75 Å². The van der Waals surface area contributed by atoms with Crippen LogP contribution in [0.3, 0.4) is 0 Å². The van der Waals surface area contributed by atoms with Crippen molar-refractivity contribution < 1.29 is 9.84 Å². The van der Waals surface area contributed by atoms with Gasteiger partial charge in [0, 0.05) is 26.1 Å². The van der Waals surface area contributed by atoms with Crippen LogP contribution in [0.2, 0.25) is 0 Å². The maximum atomic E-state index is 11.1. The molecule has 0 aliphatic carbocycles. The molecular weight excluding hydrogens is 324 g/mol. The minimum Gasteiger partial charge on any atom is -0.493 e. The zero-order chi connectivity index (χ0) is 18.1. The molecule has 4 rings (SSSR count). The standard InChI is InChI=1S/C22H28N2O2/c1-23(2)22(19-6-4-3-5-7-19)11-12-24(16-21(22)25)15-17-8-9-20-18(14-17)10-13-26-20/h3-9,14,21,25H,10-13,15-16H2,1-2H3/t21-,22+/m1/s1. The number of likely N-dealkylation sites (N-methyl/N-ethyl adjacent to an activating group) is 1. The first-order chi connectivity index (χ1) is 12.6. The SMILES string of the molecule is CN(C)[C@]1(c2ccccc2)CCN(Cc2ccc3c(c2)CCO3)C[C@H]1O. The highest BCUT2D eigenvalue weighted by atomic mass is 16.5. The van der Waals surface area contributed by atoms with Crippen LogP contribution in [-0.2, 0) is 18.5 Å². The first-order valence-electron chi connectivity index (χ1n) is 9.47. The second-order valence-electron chi connectivity index (χ2n) is 7.73. The van der Waals surface area contributed by atoms with Crippen molar-refractivity contribution in [2.75, 3.05) is 33.8 Å². The zero-order valence-electron chi connectivity index (χ0n) is 15.7. The van der Waals surface area contributed by atoms with Gasteiger partial charge in [0.2, 0.25) is 0 Å². The van der Waals surface area contributed by atoms with Crippen LogP contribution in [0, 0.1) is 0 Å². The first-order valence-corrected chi connectivity index (χ1v) is 9.47. The average Bonchev–Trinajstić information content (AvgIpc) is 3.10. The Balaban J connectivity index is 1.51. The summed E-state index contributed by atoms with van der Waals surface area (Å²) in [6, 6.07) is 16.9. The monoisotopic (exact) mass is 352 g/mol. The van der Waals surface area contributed by atoms with Crippen LogP contribution in [0.1, 0.15) is 23.1 Å². The van der Waals surface area contributed by atoms with Gasteiger partial charge in [0.05, 0.1) is 18.2 Å². The number of fused-ring (bicyclic) bond motifs is 1. The van der Waals surface area contributed by atoms with Gasteiger partial charge in [-0.25, -0.2) is 0 Å². The van der Waals surface area contributed by atoms with Gasteiger partial charge in [-0.15, -0.1) is 0 Å². The van der Waals surface area contributed by atoms with Crippen molar-refractivity contribution in [1.29, 1.82) is 0 Å². The third-order valence-corrected chi connectivity index (χ3v) is 6.02. The summed E-state index contributed by atoms with van der Waals surface area (Å²) < 4.78 is 5.60. The maximum Gasteiger partial charge on any atom is 0.122 e. The number of β-amino-alcohol motifs (C(OH)–C–C–N with tert-alkyl or cyclic N) is 1. The molecule has 0 unspecified atom stereocenters. The van der Waals surface area contributed by atoms with Crippen molar-refractivity contribution in [1.82, 2.24) is 9.80 Å². The Labute approximate surface area is 156 Å². The molecule has 2 heterocycles. The number of piperidine rings is 1. The minimum atomic E-state index is -0.425. The summed E-state index contributed by atoms with van der Waals surface area (Å²) in [4.78, 5) is 4.56. The molecule has 1 saturated heterocycles. The van der Waals surface area contributed by atoms with E-state index < -0.39 is 6.10 Å². The van der Waals surface area contributed by atoms with Crippen molar-refractivity contribution >= 4 is 0 Å². The van der Waals surface area contributed by atoms with E-state index in [0.717, 1.165) is 38.3 Å². The van der Waals surface area contributed by atoms with Gasteiger partial charge in [-0.2, -0.15) is 0 Å². The van der Waals surface area contributed by atoms with Gasteiger partial charge in [-0.05, 0) is 43.3 Å². The van der Waals surface area contributed by atoms with Crippen LogP contribution in [0.5, 0.6) is 5.75 Å². The lowest BCUT2D eigenvalue weighted by Gasteiger charge is -2.50. The normalized spacial score (nSPS) is 25.9. The third-order valence-electron chi connectivity index (χ3n) is 6.02. The van der Waals surface area contributed by atoms with Crippen molar-refractivity contribution in [3.05, 3.63) is 65.2 Å². The maximum absolute atomic E-state index is 11.1.